The molecule has 0 N–H and O–H groups in total. The lowest BCUT2D eigenvalue weighted by atomic mass is 9.96. The van der Waals surface area contributed by atoms with Gasteiger partial charge in [0.15, 0.2) is 10.9 Å². The molecule has 5 rings (SSSR count). The summed E-state index contributed by atoms with van der Waals surface area (Å²) >= 11 is 6.90. The molecule has 7 nitrogen and oxygen atoms in total. The second-order valence-corrected chi connectivity index (χ2v) is 12.0. The number of hydrogen-bond donors (Lipinski definition) is 0. The van der Waals surface area contributed by atoms with Gasteiger partial charge in [-0.1, -0.05) is 29.0 Å². The Balaban J connectivity index is 1.39. The number of thiazole rings is 1. The molecular weight excluding hydrogens is 542 g/mol. The van der Waals surface area contributed by atoms with E-state index in [1.165, 1.54) is 39.5 Å². The smallest absolute Gasteiger partial charge is 0.243 e. The maximum Gasteiger partial charge on any atom is 0.243 e. The number of anilines is 1. The van der Waals surface area contributed by atoms with Crippen molar-refractivity contribution in [2.45, 2.75) is 24.3 Å². The Morgan fingerprint density at radius 3 is 2.51 bits per heavy atom. The van der Waals surface area contributed by atoms with Gasteiger partial charge in [-0.15, -0.1) is 0 Å². The van der Waals surface area contributed by atoms with Crippen molar-refractivity contribution in [3.05, 3.63) is 83.1 Å². The number of carbonyl (C=O) groups excluding carboxylic acids is 1. The van der Waals surface area contributed by atoms with Gasteiger partial charge >= 0.3 is 0 Å². The average molecular weight is 563 g/mol. The summed E-state index contributed by atoms with van der Waals surface area (Å²) in [6, 6.07) is 13.2. The number of halogens is 3. The summed E-state index contributed by atoms with van der Waals surface area (Å²) in [7, 11) is -3.72. The molecule has 1 saturated heterocycles. The molecule has 0 bridgehead atoms. The number of benzene rings is 2. The van der Waals surface area contributed by atoms with E-state index in [9.17, 15) is 22.0 Å². The highest BCUT2D eigenvalue weighted by atomic mass is 35.5. The minimum Gasteiger partial charge on any atom is -0.282 e. The monoisotopic (exact) mass is 562 g/mol. The highest BCUT2D eigenvalue weighted by Crippen LogP contribution is 2.34. The third-order valence-electron chi connectivity index (χ3n) is 6.20. The number of pyridine rings is 1. The van der Waals surface area contributed by atoms with Crippen LogP contribution >= 0.6 is 22.9 Å². The molecule has 2 aromatic heterocycles. The molecule has 192 valence electrons. The summed E-state index contributed by atoms with van der Waals surface area (Å²) in [5, 5.41) is 0.667. The number of rotatable bonds is 6. The molecular formula is C25H21ClF2N4O3S2. The van der Waals surface area contributed by atoms with Crippen LogP contribution in [0.4, 0.5) is 13.9 Å². The molecule has 0 radical (unpaired) electrons. The fourth-order valence-electron chi connectivity index (χ4n) is 4.27. The number of fused-ring (bicyclic) bond motifs is 1. The van der Waals surface area contributed by atoms with E-state index in [4.69, 9.17) is 11.6 Å². The predicted molar refractivity (Wildman–Crippen MR) is 138 cm³/mol. The lowest BCUT2D eigenvalue weighted by molar-refractivity contribution is -0.123. The summed E-state index contributed by atoms with van der Waals surface area (Å²) < 4.78 is 55.8. The first-order chi connectivity index (χ1) is 17.7. The van der Waals surface area contributed by atoms with Gasteiger partial charge in [-0.25, -0.2) is 22.2 Å². The van der Waals surface area contributed by atoms with Crippen molar-refractivity contribution in [2.24, 2.45) is 5.92 Å². The molecule has 1 fully saturated rings. The van der Waals surface area contributed by atoms with Crippen LogP contribution in [0.5, 0.6) is 0 Å². The number of sulfonamides is 1. The molecule has 0 saturated carbocycles. The zero-order chi connectivity index (χ0) is 26.2. The van der Waals surface area contributed by atoms with E-state index >= 15 is 0 Å². The SMILES string of the molecule is O=C(C1CCN(S(=O)(=O)c2ccc(Cl)cc2)CC1)N(Cc1ccccn1)c1nc2c(F)cc(F)cc2s1. The van der Waals surface area contributed by atoms with Gasteiger partial charge in [0.25, 0.3) is 0 Å². The van der Waals surface area contributed by atoms with Crippen LogP contribution < -0.4 is 4.90 Å². The van der Waals surface area contributed by atoms with E-state index in [-0.39, 0.29) is 45.8 Å². The molecule has 0 atom stereocenters. The summed E-state index contributed by atoms with van der Waals surface area (Å²) in [5.74, 6) is -2.27. The third kappa shape index (κ3) is 5.35. The molecule has 3 heterocycles. The van der Waals surface area contributed by atoms with Gasteiger partial charge < -0.3 is 0 Å². The Morgan fingerprint density at radius 1 is 1.11 bits per heavy atom. The van der Waals surface area contributed by atoms with E-state index in [1.54, 1.807) is 24.4 Å². The molecule has 37 heavy (non-hydrogen) atoms. The van der Waals surface area contributed by atoms with Crippen LogP contribution in [0, 0.1) is 17.6 Å². The predicted octanol–water partition coefficient (Wildman–Crippen LogP) is 5.26. The van der Waals surface area contributed by atoms with Crippen LogP contribution in [-0.4, -0.2) is 41.7 Å². The van der Waals surface area contributed by atoms with Gasteiger partial charge in [0.2, 0.25) is 15.9 Å². The largest absolute Gasteiger partial charge is 0.282 e. The summed E-state index contributed by atoms with van der Waals surface area (Å²) in [4.78, 5) is 23.9. The van der Waals surface area contributed by atoms with E-state index in [1.807, 2.05) is 0 Å². The first kappa shape index (κ1) is 25.7. The number of hydrogen-bond acceptors (Lipinski definition) is 6. The van der Waals surface area contributed by atoms with E-state index in [2.05, 4.69) is 9.97 Å². The summed E-state index contributed by atoms with van der Waals surface area (Å²) in [6.07, 6.45) is 2.21. The van der Waals surface area contributed by atoms with Crippen LogP contribution in [0.2, 0.25) is 5.02 Å². The number of nitrogens with zero attached hydrogens (tertiary/aromatic N) is 4. The molecule has 2 aromatic carbocycles. The van der Waals surface area contributed by atoms with Crippen molar-refractivity contribution in [3.63, 3.8) is 0 Å². The fourth-order valence-corrected chi connectivity index (χ4v) is 6.88. The molecule has 12 heteroatoms. The Morgan fingerprint density at radius 2 is 1.84 bits per heavy atom. The zero-order valence-electron chi connectivity index (χ0n) is 19.4. The summed E-state index contributed by atoms with van der Waals surface area (Å²) in [5.41, 5.74) is 0.591. The molecule has 4 aromatic rings. The van der Waals surface area contributed by atoms with Crippen LogP contribution in [0.1, 0.15) is 18.5 Å². The van der Waals surface area contributed by atoms with Gasteiger partial charge in [-0.2, -0.15) is 4.31 Å². The van der Waals surface area contributed by atoms with E-state index < -0.39 is 27.6 Å². The second-order valence-electron chi connectivity index (χ2n) is 8.61. The third-order valence-corrected chi connectivity index (χ3v) is 9.39. The maximum atomic E-state index is 14.3. The average Bonchev–Trinajstić information content (AvgIpc) is 3.32. The van der Waals surface area contributed by atoms with Crippen molar-refractivity contribution < 1.29 is 22.0 Å². The molecule has 1 aliphatic rings. The van der Waals surface area contributed by atoms with Crippen molar-refractivity contribution in [3.8, 4) is 0 Å². The Kier molecular flexibility index (Phi) is 7.21. The first-order valence-corrected chi connectivity index (χ1v) is 14.1. The number of carbonyl (C=O) groups is 1. The van der Waals surface area contributed by atoms with Crippen LogP contribution in [-0.2, 0) is 21.4 Å². The lowest BCUT2D eigenvalue weighted by Crippen LogP contribution is -2.44. The topological polar surface area (TPSA) is 83.5 Å². The quantitative estimate of drug-likeness (QED) is 0.320. The summed E-state index contributed by atoms with van der Waals surface area (Å²) in [6.45, 7) is 0.420. The first-order valence-electron chi connectivity index (χ1n) is 11.4. The van der Waals surface area contributed by atoms with Crippen LogP contribution in [0.25, 0.3) is 10.2 Å². The van der Waals surface area contributed by atoms with Crippen LogP contribution in [0.15, 0.2) is 65.7 Å². The lowest BCUT2D eigenvalue weighted by Gasteiger charge is -2.33. The van der Waals surface area contributed by atoms with Crippen molar-refractivity contribution in [2.75, 3.05) is 18.0 Å². The van der Waals surface area contributed by atoms with Gasteiger partial charge in [-0.3, -0.25) is 14.7 Å². The minimum absolute atomic E-state index is 0.0101. The van der Waals surface area contributed by atoms with Crippen LogP contribution in [0.3, 0.4) is 0 Å². The molecule has 0 unspecified atom stereocenters. The maximum absolute atomic E-state index is 14.3. The number of amides is 1. The molecule has 1 amide bonds. The minimum atomic E-state index is -3.72. The zero-order valence-corrected chi connectivity index (χ0v) is 21.7. The molecule has 0 aliphatic carbocycles. The Labute approximate surface area is 221 Å². The molecule has 1 aliphatic heterocycles. The molecule has 0 spiro atoms. The highest BCUT2D eigenvalue weighted by Gasteiger charge is 2.35. The van der Waals surface area contributed by atoms with Crippen molar-refractivity contribution in [1.29, 1.82) is 0 Å². The van der Waals surface area contributed by atoms with E-state index in [0.29, 0.717) is 23.6 Å². The van der Waals surface area contributed by atoms with Gasteiger partial charge in [0.05, 0.1) is 21.8 Å². The number of aromatic nitrogens is 2. The highest BCUT2D eigenvalue weighted by molar-refractivity contribution is 7.89. The fraction of sp³-hybridized carbons (Fsp3) is 0.240. The van der Waals surface area contributed by atoms with Gasteiger partial charge in [-0.05, 0) is 55.3 Å². The van der Waals surface area contributed by atoms with E-state index in [0.717, 1.165) is 17.4 Å². The Bertz CT molecular complexity index is 1540. The van der Waals surface area contributed by atoms with Crippen molar-refractivity contribution in [1.82, 2.24) is 14.3 Å². The standard InChI is InChI=1S/C25H21ClF2N4O3S2/c26-17-4-6-20(7-5-17)37(34,35)31-11-8-16(9-12-31)24(33)32(15-19-3-1-2-10-29-19)25-30-23-21(28)13-18(27)14-22(23)36-25/h1-7,10,13-14,16H,8-9,11-12,15H2. The second kappa shape index (κ2) is 10.4. The number of piperidine rings is 1. The Hall–Kier alpha value is -2.99. The van der Waals surface area contributed by atoms with Gasteiger partial charge in [0.1, 0.15) is 11.3 Å². The van der Waals surface area contributed by atoms with Gasteiger partial charge in [0, 0.05) is 36.3 Å². The normalized spacial score (nSPS) is 15.2. The van der Waals surface area contributed by atoms with Crippen molar-refractivity contribution >= 4 is 54.2 Å².